The lowest BCUT2D eigenvalue weighted by Crippen LogP contribution is -2.15. The van der Waals surface area contributed by atoms with Gasteiger partial charge >= 0.3 is 5.63 Å². The molecule has 0 amide bonds. The van der Waals surface area contributed by atoms with Gasteiger partial charge in [-0.2, -0.15) is 0 Å². The summed E-state index contributed by atoms with van der Waals surface area (Å²) in [5.41, 5.74) is -0.160. The summed E-state index contributed by atoms with van der Waals surface area (Å²) in [5, 5.41) is 10.3. The highest BCUT2D eigenvalue weighted by Gasteiger charge is 2.17. The molecule has 5 heteroatoms. The van der Waals surface area contributed by atoms with E-state index in [0.717, 1.165) is 5.56 Å². The minimum atomic E-state index is -0.802. The van der Waals surface area contributed by atoms with Crippen molar-refractivity contribution in [1.29, 1.82) is 0 Å². The van der Waals surface area contributed by atoms with Gasteiger partial charge in [0.2, 0.25) is 0 Å². The van der Waals surface area contributed by atoms with Gasteiger partial charge in [-0.15, -0.1) is 0 Å². The quantitative estimate of drug-likeness (QED) is 0.879. The maximum Gasteiger partial charge on any atom is 0.350 e. The van der Waals surface area contributed by atoms with Gasteiger partial charge in [-0.25, -0.2) is 4.79 Å². The van der Waals surface area contributed by atoms with Crippen LogP contribution in [0.15, 0.2) is 39.5 Å². The van der Waals surface area contributed by atoms with Crippen LogP contribution >= 0.6 is 11.6 Å². The Bertz CT molecular complexity index is 686. The minimum Gasteiger partial charge on any atom is -0.507 e. The maximum atomic E-state index is 12.0. The highest BCUT2D eigenvalue weighted by molar-refractivity contribution is 6.30. The van der Waals surface area contributed by atoms with Gasteiger partial charge in [0.25, 0.3) is 0 Å². The molecule has 2 aromatic rings. The fourth-order valence-corrected chi connectivity index (χ4v) is 2.01. The summed E-state index contributed by atoms with van der Waals surface area (Å²) < 4.78 is 4.82. The number of aromatic hydroxyl groups is 1. The molecule has 0 aliphatic rings. The zero-order valence-corrected chi connectivity index (χ0v) is 11.6. The lowest BCUT2D eigenvalue weighted by Gasteiger charge is -2.04. The molecule has 0 saturated carbocycles. The van der Waals surface area contributed by atoms with Crippen LogP contribution < -0.4 is 5.63 Å². The Morgan fingerprint density at radius 1 is 1.30 bits per heavy atom. The van der Waals surface area contributed by atoms with Crippen molar-refractivity contribution in [2.45, 2.75) is 19.8 Å². The molecule has 20 heavy (non-hydrogen) atoms. The van der Waals surface area contributed by atoms with Crippen LogP contribution in [0.4, 0.5) is 0 Å². The third-order valence-corrected chi connectivity index (χ3v) is 3.14. The number of carbonyl (C=O) groups excluding carboxylic acids is 1. The monoisotopic (exact) mass is 292 g/mol. The van der Waals surface area contributed by atoms with Gasteiger partial charge in [-0.3, -0.25) is 4.79 Å². The van der Waals surface area contributed by atoms with Crippen LogP contribution in [0.25, 0.3) is 0 Å². The highest BCUT2D eigenvalue weighted by Crippen LogP contribution is 2.18. The van der Waals surface area contributed by atoms with Crippen LogP contribution in [-0.4, -0.2) is 10.9 Å². The molecule has 4 nitrogen and oxygen atoms in total. The molecule has 0 aliphatic carbocycles. The summed E-state index contributed by atoms with van der Waals surface area (Å²) in [6, 6.07) is 8.36. The van der Waals surface area contributed by atoms with Crippen molar-refractivity contribution in [3.63, 3.8) is 0 Å². The molecule has 104 valence electrons. The van der Waals surface area contributed by atoms with Gasteiger partial charge < -0.3 is 9.52 Å². The first-order valence-corrected chi connectivity index (χ1v) is 6.46. The molecular weight excluding hydrogens is 280 g/mol. The molecule has 1 aromatic heterocycles. The van der Waals surface area contributed by atoms with Crippen molar-refractivity contribution in [3.05, 3.63) is 62.7 Å². The molecule has 0 radical (unpaired) electrons. The van der Waals surface area contributed by atoms with Gasteiger partial charge in [-0.05, 0) is 31.0 Å². The van der Waals surface area contributed by atoms with Crippen LogP contribution in [-0.2, 0) is 6.42 Å². The number of carbonyl (C=O) groups is 1. The van der Waals surface area contributed by atoms with Crippen molar-refractivity contribution in [2.75, 3.05) is 0 Å². The second-order valence-corrected chi connectivity index (χ2v) is 4.89. The Kier molecular flexibility index (Phi) is 4.25. The van der Waals surface area contributed by atoms with E-state index in [1.807, 2.05) is 12.1 Å². The Balaban J connectivity index is 2.13. The van der Waals surface area contributed by atoms with E-state index in [1.54, 1.807) is 12.1 Å². The zero-order valence-electron chi connectivity index (χ0n) is 10.9. The topological polar surface area (TPSA) is 67.5 Å². The second kappa shape index (κ2) is 5.92. The van der Waals surface area contributed by atoms with E-state index in [0.29, 0.717) is 11.4 Å². The van der Waals surface area contributed by atoms with Crippen molar-refractivity contribution in [2.24, 2.45) is 0 Å². The Morgan fingerprint density at radius 3 is 2.55 bits per heavy atom. The van der Waals surface area contributed by atoms with Gasteiger partial charge in [0, 0.05) is 17.5 Å². The molecule has 0 spiro atoms. The molecule has 0 aliphatic heterocycles. The van der Waals surface area contributed by atoms with Crippen LogP contribution in [0.5, 0.6) is 5.75 Å². The summed E-state index contributed by atoms with van der Waals surface area (Å²) in [6.45, 7) is 1.53. The first kappa shape index (κ1) is 14.3. The Hall–Kier alpha value is -2.07. The summed E-state index contributed by atoms with van der Waals surface area (Å²) in [6.07, 6.45) is 0.575. The Morgan fingerprint density at radius 2 is 1.95 bits per heavy atom. The van der Waals surface area contributed by atoms with Crippen LogP contribution in [0.3, 0.4) is 0 Å². The molecule has 0 atom stereocenters. The molecule has 1 N–H and O–H groups in total. The van der Waals surface area contributed by atoms with E-state index in [2.05, 4.69) is 0 Å². The van der Waals surface area contributed by atoms with E-state index >= 15 is 0 Å². The normalized spacial score (nSPS) is 10.5. The summed E-state index contributed by atoms with van der Waals surface area (Å²) >= 11 is 5.77. The number of rotatable bonds is 4. The number of aryl methyl sites for hydroxylation is 2. The molecule has 1 aromatic carbocycles. The first-order valence-electron chi connectivity index (χ1n) is 6.08. The third-order valence-electron chi connectivity index (χ3n) is 2.89. The van der Waals surface area contributed by atoms with Gasteiger partial charge in [0.05, 0.1) is 0 Å². The van der Waals surface area contributed by atoms with Crippen molar-refractivity contribution >= 4 is 17.4 Å². The number of hydrogen-bond donors (Lipinski definition) is 1. The summed E-state index contributed by atoms with van der Waals surface area (Å²) in [7, 11) is 0. The second-order valence-electron chi connectivity index (χ2n) is 4.45. The minimum absolute atomic E-state index is 0.114. The van der Waals surface area contributed by atoms with Crippen LogP contribution in [0.1, 0.15) is 28.1 Å². The van der Waals surface area contributed by atoms with E-state index in [1.165, 1.54) is 13.0 Å². The molecule has 0 unspecified atom stereocenters. The van der Waals surface area contributed by atoms with Crippen LogP contribution in [0.2, 0.25) is 5.02 Å². The van der Waals surface area contributed by atoms with Crippen molar-refractivity contribution in [3.8, 4) is 5.75 Å². The highest BCUT2D eigenvalue weighted by atomic mass is 35.5. The Labute approximate surface area is 120 Å². The zero-order chi connectivity index (χ0) is 14.7. The van der Waals surface area contributed by atoms with Gasteiger partial charge in [0.15, 0.2) is 5.78 Å². The number of hydrogen-bond acceptors (Lipinski definition) is 4. The number of halogens is 1. The number of benzene rings is 1. The largest absolute Gasteiger partial charge is 0.507 e. The van der Waals surface area contributed by atoms with Crippen molar-refractivity contribution < 1.29 is 14.3 Å². The SMILES string of the molecule is Cc1cc(O)c(C(=O)CCc2ccc(Cl)cc2)c(=O)o1. The molecule has 1 heterocycles. The van der Waals surface area contributed by atoms with E-state index in [-0.39, 0.29) is 23.5 Å². The maximum absolute atomic E-state index is 12.0. The van der Waals surface area contributed by atoms with Crippen LogP contribution in [0, 0.1) is 6.92 Å². The molecule has 0 bridgehead atoms. The average molecular weight is 293 g/mol. The number of ketones is 1. The lowest BCUT2D eigenvalue weighted by molar-refractivity contribution is 0.0975. The summed E-state index contributed by atoms with van der Waals surface area (Å²) in [4.78, 5) is 23.6. The van der Waals surface area contributed by atoms with E-state index < -0.39 is 11.4 Å². The average Bonchev–Trinajstić information content (AvgIpc) is 2.37. The van der Waals surface area contributed by atoms with Gasteiger partial charge in [-0.1, -0.05) is 23.7 Å². The standard InChI is InChI=1S/C15H13ClO4/c1-9-8-13(18)14(15(19)20-9)12(17)7-4-10-2-5-11(16)6-3-10/h2-3,5-6,8,18H,4,7H2,1H3. The third kappa shape index (κ3) is 3.27. The molecule has 0 saturated heterocycles. The fourth-order valence-electron chi connectivity index (χ4n) is 1.89. The van der Waals surface area contributed by atoms with E-state index in [9.17, 15) is 14.7 Å². The predicted molar refractivity (Wildman–Crippen MR) is 75.5 cm³/mol. The fraction of sp³-hybridized carbons (Fsp3) is 0.200. The van der Waals surface area contributed by atoms with Gasteiger partial charge in [0.1, 0.15) is 17.1 Å². The summed E-state index contributed by atoms with van der Waals surface area (Å²) in [5.74, 6) is -0.507. The number of Topliss-reactive ketones (excluding diaryl/α,β-unsaturated/α-hetero) is 1. The smallest absolute Gasteiger partial charge is 0.350 e. The molecule has 0 fully saturated rings. The predicted octanol–water partition coefficient (Wildman–Crippen LogP) is 3.12. The molecular formula is C15H13ClO4. The van der Waals surface area contributed by atoms with E-state index in [4.69, 9.17) is 16.0 Å². The van der Waals surface area contributed by atoms with Crippen molar-refractivity contribution in [1.82, 2.24) is 0 Å². The lowest BCUT2D eigenvalue weighted by atomic mass is 10.0. The molecule has 2 rings (SSSR count). The first-order chi connectivity index (χ1) is 9.47.